The van der Waals surface area contributed by atoms with Crippen LogP contribution in [0.3, 0.4) is 0 Å². The predicted octanol–water partition coefficient (Wildman–Crippen LogP) is 20.5. The van der Waals surface area contributed by atoms with E-state index in [0.717, 1.165) is 39.8 Å². The van der Waals surface area contributed by atoms with Crippen molar-refractivity contribution >= 4 is 74.3 Å². The Balaban J connectivity index is 0.916. The Morgan fingerprint density at radius 2 is 0.576 bits per heavy atom. The van der Waals surface area contributed by atoms with Crippen LogP contribution in [-0.2, 0) is 21.7 Å². The maximum absolute atomic E-state index is 2.66. The quantitative estimate of drug-likeness (QED) is 0.159. The molecular formula is C88H66BN3. The van der Waals surface area contributed by atoms with Crippen molar-refractivity contribution in [1.82, 2.24) is 0 Å². The van der Waals surface area contributed by atoms with Crippen molar-refractivity contribution in [2.24, 2.45) is 0 Å². The molecule has 0 aromatic heterocycles. The lowest BCUT2D eigenvalue weighted by Crippen LogP contribution is -2.61. The second kappa shape index (κ2) is 18.9. The van der Waals surface area contributed by atoms with E-state index >= 15 is 0 Å². The van der Waals surface area contributed by atoms with Gasteiger partial charge in [0.1, 0.15) is 0 Å². The summed E-state index contributed by atoms with van der Waals surface area (Å²) in [5.41, 5.74) is 36.6. The molecule has 0 bridgehead atoms. The number of para-hydroxylation sites is 2. The van der Waals surface area contributed by atoms with Crippen LogP contribution in [-0.4, -0.2) is 6.71 Å². The van der Waals surface area contributed by atoms with Crippen molar-refractivity contribution in [1.29, 1.82) is 0 Å². The normalized spacial score (nSPS) is 14.7. The predicted molar refractivity (Wildman–Crippen MR) is 385 cm³/mol. The minimum Gasteiger partial charge on any atom is -0.311 e. The van der Waals surface area contributed by atoms with Gasteiger partial charge in [-0.3, -0.25) is 0 Å². The highest BCUT2D eigenvalue weighted by Crippen LogP contribution is 2.66. The van der Waals surface area contributed by atoms with Crippen LogP contribution in [0.4, 0.5) is 51.2 Å². The van der Waals surface area contributed by atoms with Gasteiger partial charge in [0.15, 0.2) is 0 Å². The molecule has 92 heavy (non-hydrogen) atoms. The molecule has 3 nitrogen and oxygen atoms in total. The molecule has 6 aliphatic rings. The summed E-state index contributed by atoms with van der Waals surface area (Å²) in [5, 5.41) is 0. The first kappa shape index (κ1) is 53.2. The molecule has 0 fully saturated rings. The molecule has 4 heteroatoms. The summed E-state index contributed by atoms with van der Waals surface area (Å²) in [7, 11) is 0. The Hall–Kier alpha value is -10.7. The van der Waals surface area contributed by atoms with Gasteiger partial charge in [-0.15, -0.1) is 0 Å². The van der Waals surface area contributed by atoms with E-state index in [9.17, 15) is 0 Å². The van der Waals surface area contributed by atoms with E-state index in [2.05, 4.69) is 347 Å². The van der Waals surface area contributed by atoms with E-state index in [-0.39, 0.29) is 17.5 Å². The standard InChI is InChI=1S/C88H66BN3/c1-85(2,3)55-41-47-78-80(49-55)91(59-43-45-76-68(51-59)66-33-17-23-39-74(66)87(76)70-35-19-13-29-62(70)63-30-14-20-36-71(63)87)82-53-61(90(57-25-9-7-10-26-57)58-27-11-8-12-28-58)54-83-84(82)89(78)79-48-42-56(86(4,5)6)50-81(79)92(83)60-44-46-77-69(52-60)67-34-18-24-40-75(67)88(77)72-37-21-15-31-64(72)65-32-16-22-38-73(65)88/h7-54H,1-6H3. The Morgan fingerprint density at radius 1 is 0.272 bits per heavy atom. The fourth-order valence-corrected chi connectivity index (χ4v) is 17.6. The lowest BCUT2D eigenvalue weighted by Gasteiger charge is -2.46. The maximum atomic E-state index is 2.66. The van der Waals surface area contributed by atoms with Crippen LogP contribution >= 0.6 is 0 Å². The largest absolute Gasteiger partial charge is 0.311 e. The first-order valence-corrected chi connectivity index (χ1v) is 32.8. The third-order valence-corrected chi connectivity index (χ3v) is 21.6. The topological polar surface area (TPSA) is 9.72 Å². The second-order valence-corrected chi connectivity index (χ2v) is 28.3. The van der Waals surface area contributed by atoms with Crippen molar-refractivity contribution in [3.63, 3.8) is 0 Å². The molecule has 0 radical (unpaired) electrons. The zero-order valence-electron chi connectivity index (χ0n) is 52.6. The van der Waals surface area contributed by atoms with Gasteiger partial charge in [0.05, 0.1) is 16.5 Å². The van der Waals surface area contributed by atoms with Gasteiger partial charge in [-0.2, -0.15) is 0 Å². The van der Waals surface area contributed by atoms with Crippen LogP contribution in [0.5, 0.6) is 0 Å². The summed E-state index contributed by atoms with van der Waals surface area (Å²) in [4.78, 5) is 7.79. The second-order valence-electron chi connectivity index (χ2n) is 28.3. The maximum Gasteiger partial charge on any atom is 0.252 e. The van der Waals surface area contributed by atoms with E-state index in [0.29, 0.717) is 0 Å². The van der Waals surface area contributed by atoms with Gasteiger partial charge >= 0.3 is 0 Å². The summed E-state index contributed by atoms with van der Waals surface area (Å²) in [6, 6.07) is 112. The van der Waals surface area contributed by atoms with E-state index in [1.165, 1.54) is 128 Å². The molecule has 0 amide bonds. The minimum atomic E-state index is -0.469. The molecule has 0 atom stereocenters. The molecule has 0 unspecified atom stereocenters. The average molecular weight is 1180 g/mol. The van der Waals surface area contributed by atoms with Crippen molar-refractivity contribution in [3.05, 3.63) is 347 Å². The molecule has 0 saturated carbocycles. The van der Waals surface area contributed by atoms with Crippen LogP contribution in [0.25, 0.3) is 44.5 Å². The van der Waals surface area contributed by atoms with Crippen molar-refractivity contribution in [3.8, 4) is 44.5 Å². The molecule has 4 aliphatic carbocycles. The summed E-state index contributed by atoms with van der Waals surface area (Å²) >= 11 is 0. The van der Waals surface area contributed by atoms with Crippen LogP contribution in [0.15, 0.2) is 291 Å². The molecule has 19 rings (SSSR count). The van der Waals surface area contributed by atoms with Crippen LogP contribution in [0.1, 0.15) is 97.2 Å². The molecular weight excluding hydrogens is 1110 g/mol. The number of rotatable bonds is 5. The number of anilines is 9. The van der Waals surface area contributed by atoms with Crippen LogP contribution in [0.2, 0.25) is 0 Å². The zero-order chi connectivity index (χ0) is 61.6. The number of nitrogens with zero attached hydrogens (tertiary/aromatic N) is 3. The van der Waals surface area contributed by atoms with Gasteiger partial charge in [-0.25, -0.2) is 0 Å². The lowest BCUT2D eigenvalue weighted by atomic mass is 9.33. The number of benzene rings is 13. The Morgan fingerprint density at radius 3 is 0.913 bits per heavy atom. The SMILES string of the molecule is CC(C)(C)c1ccc2c(c1)N(c1ccc3c(c1)-c1ccccc1C31c3ccccc3-c3ccccc31)c1cc(N(c3ccccc3)c3ccccc3)cc3c1B2c1ccc(C(C)(C)C)cc1N3c1ccc2c(c1)-c1ccccc1C21c2ccccc2-c2ccccc21. The first-order chi connectivity index (χ1) is 44.9. The molecule has 0 N–H and O–H groups in total. The highest BCUT2D eigenvalue weighted by molar-refractivity contribution is 7.00. The first-order valence-electron chi connectivity index (χ1n) is 32.8. The van der Waals surface area contributed by atoms with Gasteiger partial charge in [0, 0.05) is 45.5 Å². The summed E-state index contributed by atoms with van der Waals surface area (Å²) in [6.07, 6.45) is 0. The minimum absolute atomic E-state index is 0.105. The van der Waals surface area contributed by atoms with Crippen LogP contribution < -0.4 is 31.1 Å². The molecule has 2 spiro atoms. The monoisotopic (exact) mass is 1180 g/mol. The lowest BCUT2D eigenvalue weighted by molar-refractivity contribution is 0.590. The number of fused-ring (bicyclic) bond motifs is 24. The average Bonchev–Trinajstić information content (AvgIpc) is 1.37. The Labute approximate surface area is 540 Å². The van der Waals surface area contributed by atoms with E-state index in [1.807, 2.05) is 0 Å². The molecule has 0 saturated heterocycles. The molecule has 2 aliphatic heterocycles. The Kier molecular flexibility index (Phi) is 11.0. The smallest absolute Gasteiger partial charge is 0.252 e. The highest BCUT2D eigenvalue weighted by atomic mass is 15.2. The van der Waals surface area contributed by atoms with Crippen molar-refractivity contribution < 1.29 is 0 Å². The number of hydrogen-bond donors (Lipinski definition) is 0. The van der Waals surface area contributed by atoms with Gasteiger partial charge < -0.3 is 14.7 Å². The number of hydrogen-bond acceptors (Lipinski definition) is 3. The van der Waals surface area contributed by atoms with Gasteiger partial charge in [-0.1, -0.05) is 260 Å². The zero-order valence-corrected chi connectivity index (χ0v) is 52.6. The summed E-state index contributed by atoms with van der Waals surface area (Å²) < 4.78 is 0. The van der Waals surface area contributed by atoms with Crippen molar-refractivity contribution in [2.45, 2.75) is 63.2 Å². The fourth-order valence-electron chi connectivity index (χ4n) is 17.6. The highest BCUT2D eigenvalue weighted by Gasteiger charge is 2.54. The third kappa shape index (κ3) is 7.02. The van der Waals surface area contributed by atoms with Crippen molar-refractivity contribution in [2.75, 3.05) is 14.7 Å². The van der Waals surface area contributed by atoms with E-state index in [1.54, 1.807) is 0 Å². The summed E-state index contributed by atoms with van der Waals surface area (Å²) in [6.45, 7) is 14.0. The van der Waals surface area contributed by atoms with Gasteiger partial charge in [0.2, 0.25) is 0 Å². The van der Waals surface area contributed by atoms with Gasteiger partial charge in [-0.05, 0) is 200 Å². The third-order valence-electron chi connectivity index (χ3n) is 21.6. The molecule has 2 heterocycles. The molecule has 436 valence electrons. The fraction of sp³-hybridized carbons (Fsp3) is 0.114. The molecule has 13 aromatic rings. The summed E-state index contributed by atoms with van der Waals surface area (Å²) in [5.74, 6) is 0. The van der Waals surface area contributed by atoms with E-state index in [4.69, 9.17) is 0 Å². The van der Waals surface area contributed by atoms with Gasteiger partial charge in [0.25, 0.3) is 6.71 Å². The molecule has 13 aromatic carbocycles. The van der Waals surface area contributed by atoms with E-state index < -0.39 is 10.8 Å². The van der Waals surface area contributed by atoms with Crippen LogP contribution in [0, 0.1) is 0 Å². The Bertz CT molecular complexity index is 4880.